The minimum Gasteiger partial charge on any atom is -0.480 e. The van der Waals surface area contributed by atoms with E-state index in [1.54, 1.807) is 37.3 Å². The number of benzene rings is 2. The van der Waals surface area contributed by atoms with Crippen LogP contribution in [0.5, 0.6) is 0 Å². The monoisotopic (exact) mass is 326 g/mol. The fourth-order valence-corrected chi connectivity index (χ4v) is 2.64. The lowest BCUT2D eigenvalue weighted by atomic mass is 10.0. The van der Waals surface area contributed by atoms with Crippen LogP contribution in [0.25, 0.3) is 22.0 Å². The van der Waals surface area contributed by atoms with Crippen molar-refractivity contribution in [2.45, 2.75) is 20.4 Å². The molecule has 0 aliphatic rings. The van der Waals surface area contributed by atoms with E-state index < -0.39 is 5.97 Å². The molecule has 2 aromatic carbocycles. The van der Waals surface area contributed by atoms with Gasteiger partial charge in [0, 0.05) is 12.3 Å². The highest BCUT2D eigenvalue weighted by Gasteiger charge is 2.16. The van der Waals surface area contributed by atoms with Crippen molar-refractivity contribution < 1.29 is 19.1 Å². The highest BCUT2D eigenvalue weighted by Crippen LogP contribution is 2.28. The molecule has 6 heteroatoms. The Hall–Kier alpha value is -3.02. The summed E-state index contributed by atoms with van der Waals surface area (Å²) in [6.45, 7) is 2.74. The fourth-order valence-electron chi connectivity index (χ4n) is 2.64. The molecule has 0 aliphatic heterocycles. The normalized spacial score (nSPS) is 11.0. The molecule has 0 saturated heterocycles. The van der Waals surface area contributed by atoms with Gasteiger partial charge in [-0.1, -0.05) is 18.2 Å². The van der Waals surface area contributed by atoms with Gasteiger partial charge in [0.05, 0.1) is 5.52 Å². The lowest BCUT2D eigenvalue weighted by molar-refractivity contribution is -0.137. The molecule has 0 bridgehead atoms. The molecule has 0 amide bonds. The molecule has 0 saturated carbocycles. The van der Waals surface area contributed by atoms with Crippen LogP contribution in [-0.2, 0) is 11.3 Å². The molecule has 0 unspecified atom stereocenters. The van der Waals surface area contributed by atoms with Crippen LogP contribution in [0, 0.1) is 12.7 Å². The van der Waals surface area contributed by atoms with Crippen LogP contribution in [0.2, 0.25) is 0 Å². The number of carboxylic acid groups (broad SMARTS) is 1. The van der Waals surface area contributed by atoms with Crippen molar-refractivity contribution in [1.82, 2.24) is 9.78 Å². The molecule has 122 valence electrons. The second kappa shape index (κ2) is 5.88. The third-order valence-corrected chi connectivity index (χ3v) is 3.87. The molecule has 1 N–H and O–H groups in total. The number of aryl methyl sites for hydroxylation is 1. The number of halogens is 1. The Morgan fingerprint density at radius 2 is 1.83 bits per heavy atom. The Morgan fingerprint density at radius 1 is 1.17 bits per heavy atom. The average molecular weight is 326 g/mol. The molecule has 0 spiro atoms. The third-order valence-electron chi connectivity index (χ3n) is 3.87. The quantitative estimate of drug-likeness (QED) is 0.746. The Labute approximate surface area is 137 Å². The van der Waals surface area contributed by atoms with Crippen molar-refractivity contribution >= 4 is 22.7 Å². The molecular formula is C18H15FN2O3. The van der Waals surface area contributed by atoms with Gasteiger partial charge in [-0.2, -0.15) is 5.10 Å². The van der Waals surface area contributed by atoms with E-state index in [-0.39, 0.29) is 23.8 Å². The number of nitrogens with zero attached hydrogens (tertiary/aromatic N) is 2. The maximum atomic E-state index is 13.8. The average Bonchev–Trinajstić information content (AvgIpc) is 2.87. The van der Waals surface area contributed by atoms with Gasteiger partial charge in [-0.3, -0.25) is 14.3 Å². The zero-order valence-electron chi connectivity index (χ0n) is 13.2. The summed E-state index contributed by atoms with van der Waals surface area (Å²) in [5, 5.41) is 13.6. The first-order chi connectivity index (χ1) is 11.4. The van der Waals surface area contributed by atoms with Crippen molar-refractivity contribution in [1.29, 1.82) is 0 Å². The molecule has 3 rings (SSSR count). The standard InChI is InChI=1S/C18H15FN2O3/c1-10-3-4-13(8-15(10)19)12-5-6-16-14(7-12)18(11(2)22)20-21(16)9-17(23)24/h3-8H,9H2,1-2H3,(H,23,24). The predicted molar refractivity (Wildman–Crippen MR) is 87.5 cm³/mol. The summed E-state index contributed by atoms with van der Waals surface area (Å²) in [5.74, 6) is -1.60. The molecular weight excluding hydrogens is 311 g/mol. The zero-order chi connectivity index (χ0) is 17.4. The second-order valence-electron chi connectivity index (χ2n) is 5.65. The van der Waals surface area contributed by atoms with E-state index in [9.17, 15) is 14.0 Å². The number of Topliss-reactive ketones (excluding diaryl/α,β-unsaturated/α-hetero) is 1. The molecule has 24 heavy (non-hydrogen) atoms. The number of carbonyl (C=O) groups excluding carboxylic acids is 1. The summed E-state index contributed by atoms with van der Waals surface area (Å²) in [4.78, 5) is 22.8. The minimum atomic E-state index is -1.04. The van der Waals surface area contributed by atoms with Gasteiger partial charge in [0.2, 0.25) is 0 Å². The summed E-state index contributed by atoms with van der Waals surface area (Å²) in [6.07, 6.45) is 0. The summed E-state index contributed by atoms with van der Waals surface area (Å²) in [7, 11) is 0. The number of aromatic nitrogens is 2. The molecule has 0 fully saturated rings. The van der Waals surface area contributed by atoms with Gasteiger partial charge in [0.25, 0.3) is 0 Å². The first-order valence-corrected chi connectivity index (χ1v) is 7.36. The lowest BCUT2D eigenvalue weighted by Gasteiger charge is -2.05. The number of carbonyl (C=O) groups is 2. The Morgan fingerprint density at radius 3 is 2.46 bits per heavy atom. The van der Waals surface area contributed by atoms with Crippen molar-refractivity contribution in [3.8, 4) is 11.1 Å². The van der Waals surface area contributed by atoms with Gasteiger partial charge < -0.3 is 5.11 Å². The molecule has 0 aliphatic carbocycles. The van der Waals surface area contributed by atoms with Crippen LogP contribution in [-0.4, -0.2) is 26.6 Å². The first kappa shape index (κ1) is 15.9. The molecule has 1 aromatic heterocycles. The van der Waals surface area contributed by atoms with Crippen LogP contribution in [0.4, 0.5) is 4.39 Å². The van der Waals surface area contributed by atoms with Crippen LogP contribution in [0.1, 0.15) is 23.0 Å². The third kappa shape index (κ3) is 2.78. The SMILES string of the molecule is CC(=O)c1nn(CC(=O)O)c2ccc(-c3ccc(C)c(F)c3)cc12. The van der Waals surface area contributed by atoms with E-state index in [0.717, 1.165) is 5.56 Å². The molecule has 0 atom stereocenters. The summed E-state index contributed by atoms with van der Waals surface area (Å²) in [6, 6.07) is 10.1. The van der Waals surface area contributed by atoms with Gasteiger partial charge in [-0.05, 0) is 41.8 Å². The smallest absolute Gasteiger partial charge is 0.325 e. The molecule has 5 nitrogen and oxygen atoms in total. The Bertz CT molecular complexity index is 976. The van der Waals surface area contributed by atoms with Crippen molar-refractivity contribution in [3.63, 3.8) is 0 Å². The Balaban J connectivity index is 2.19. The van der Waals surface area contributed by atoms with Crippen LogP contribution in [0.15, 0.2) is 36.4 Å². The van der Waals surface area contributed by atoms with E-state index in [0.29, 0.717) is 22.0 Å². The number of hydrogen-bond acceptors (Lipinski definition) is 3. The number of rotatable bonds is 4. The zero-order valence-corrected chi connectivity index (χ0v) is 13.2. The highest BCUT2D eigenvalue weighted by atomic mass is 19.1. The van der Waals surface area contributed by atoms with E-state index in [2.05, 4.69) is 5.10 Å². The van der Waals surface area contributed by atoms with Crippen molar-refractivity contribution in [2.75, 3.05) is 0 Å². The van der Waals surface area contributed by atoms with Gasteiger partial charge in [-0.25, -0.2) is 4.39 Å². The number of hydrogen-bond donors (Lipinski definition) is 1. The molecule has 3 aromatic rings. The Kier molecular flexibility index (Phi) is 3.89. The van der Waals surface area contributed by atoms with Crippen LogP contribution in [0.3, 0.4) is 0 Å². The predicted octanol–water partition coefficient (Wildman–Crippen LogP) is 3.44. The van der Waals surface area contributed by atoms with Crippen molar-refractivity contribution in [2.24, 2.45) is 0 Å². The number of aliphatic carboxylic acids is 1. The maximum absolute atomic E-state index is 13.8. The van der Waals surface area contributed by atoms with Crippen LogP contribution >= 0.6 is 0 Å². The van der Waals surface area contributed by atoms with E-state index in [4.69, 9.17) is 5.11 Å². The fraction of sp³-hybridized carbons (Fsp3) is 0.167. The highest BCUT2D eigenvalue weighted by molar-refractivity contribution is 6.06. The topological polar surface area (TPSA) is 72.2 Å². The van der Waals surface area contributed by atoms with E-state index in [1.807, 2.05) is 0 Å². The number of fused-ring (bicyclic) bond motifs is 1. The van der Waals surface area contributed by atoms with E-state index >= 15 is 0 Å². The number of ketones is 1. The van der Waals surface area contributed by atoms with Gasteiger partial charge in [-0.15, -0.1) is 0 Å². The van der Waals surface area contributed by atoms with Gasteiger partial charge >= 0.3 is 5.97 Å². The van der Waals surface area contributed by atoms with Gasteiger partial charge in [0.15, 0.2) is 5.78 Å². The summed E-state index contributed by atoms with van der Waals surface area (Å²) < 4.78 is 15.1. The van der Waals surface area contributed by atoms with Crippen molar-refractivity contribution in [3.05, 3.63) is 53.5 Å². The van der Waals surface area contributed by atoms with Gasteiger partial charge in [0.1, 0.15) is 18.1 Å². The number of carboxylic acids is 1. The van der Waals surface area contributed by atoms with E-state index in [1.165, 1.54) is 17.7 Å². The minimum absolute atomic E-state index is 0.209. The first-order valence-electron chi connectivity index (χ1n) is 7.36. The summed E-state index contributed by atoms with van der Waals surface area (Å²) >= 11 is 0. The molecule has 1 heterocycles. The lowest BCUT2D eigenvalue weighted by Crippen LogP contribution is -2.10. The molecule has 0 radical (unpaired) electrons. The maximum Gasteiger partial charge on any atom is 0.325 e. The second-order valence-corrected chi connectivity index (χ2v) is 5.65. The summed E-state index contributed by atoms with van der Waals surface area (Å²) in [5.41, 5.74) is 2.73. The van der Waals surface area contributed by atoms with Crippen LogP contribution < -0.4 is 0 Å². The largest absolute Gasteiger partial charge is 0.480 e.